The predicted molar refractivity (Wildman–Crippen MR) is 87.4 cm³/mol. The molecule has 0 radical (unpaired) electrons. The van der Waals surface area contributed by atoms with E-state index in [2.05, 4.69) is 0 Å². The van der Waals surface area contributed by atoms with Gasteiger partial charge in [-0.05, 0) is 42.3 Å². The molecular formula is C18H21F3N2O. The largest absolute Gasteiger partial charge is 0.486 e. The van der Waals surface area contributed by atoms with Crippen molar-refractivity contribution in [2.24, 2.45) is 5.84 Å². The Labute approximate surface area is 139 Å². The van der Waals surface area contributed by atoms with Gasteiger partial charge in [-0.2, -0.15) is 13.2 Å². The van der Waals surface area contributed by atoms with Gasteiger partial charge in [0.25, 0.3) is 0 Å². The van der Waals surface area contributed by atoms with Crippen LogP contribution in [0.15, 0.2) is 48.5 Å². The smallest absolute Gasteiger partial charge is 0.416 e. The first-order valence-corrected chi connectivity index (χ1v) is 7.62. The fourth-order valence-corrected chi connectivity index (χ4v) is 2.43. The summed E-state index contributed by atoms with van der Waals surface area (Å²) >= 11 is 0. The van der Waals surface area contributed by atoms with Crippen LogP contribution < -0.4 is 10.6 Å². The first-order chi connectivity index (χ1) is 11.3. The van der Waals surface area contributed by atoms with Crippen molar-refractivity contribution in [3.05, 3.63) is 65.2 Å². The number of hydrazine groups is 1. The zero-order valence-electron chi connectivity index (χ0n) is 13.7. The van der Waals surface area contributed by atoms with E-state index < -0.39 is 11.7 Å². The molecule has 0 amide bonds. The maximum absolute atomic E-state index is 12.6. The third-order valence-corrected chi connectivity index (χ3v) is 3.74. The molecule has 0 spiro atoms. The lowest BCUT2D eigenvalue weighted by molar-refractivity contribution is -0.137. The third-order valence-electron chi connectivity index (χ3n) is 3.74. The molecule has 2 aromatic rings. The molecule has 3 nitrogen and oxygen atoms in total. The average molecular weight is 338 g/mol. The molecule has 1 atom stereocenters. The van der Waals surface area contributed by atoms with Crippen LogP contribution in [0, 0.1) is 6.92 Å². The second-order valence-electron chi connectivity index (χ2n) is 5.75. The lowest BCUT2D eigenvalue weighted by atomic mass is 10.0. The van der Waals surface area contributed by atoms with E-state index in [-0.39, 0.29) is 6.10 Å². The van der Waals surface area contributed by atoms with Crippen molar-refractivity contribution in [3.63, 3.8) is 0 Å². The topological polar surface area (TPSA) is 38.5 Å². The standard InChI is InChI=1S/C18H21F3N2O/c1-13-5-3-4-6-16(13)17(11-12-23(2)22)24-15-9-7-14(8-10-15)18(19,20)21/h3-10,17H,11-12,22H2,1-2H3. The van der Waals surface area contributed by atoms with Crippen molar-refractivity contribution in [2.75, 3.05) is 13.6 Å². The summed E-state index contributed by atoms with van der Waals surface area (Å²) in [6, 6.07) is 12.5. The highest BCUT2D eigenvalue weighted by molar-refractivity contribution is 5.32. The Morgan fingerprint density at radius 3 is 2.25 bits per heavy atom. The number of hydrogen-bond acceptors (Lipinski definition) is 3. The molecule has 0 saturated carbocycles. The zero-order valence-corrected chi connectivity index (χ0v) is 13.7. The number of aryl methyl sites for hydroxylation is 1. The monoisotopic (exact) mass is 338 g/mol. The van der Waals surface area contributed by atoms with Crippen LogP contribution in [0.1, 0.15) is 29.2 Å². The minimum Gasteiger partial charge on any atom is -0.486 e. The van der Waals surface area contributed by atoms with Gasteiger partial charge in [0, 0.05) is 20.0 Å². The molecule has 0 aliphatic carbocycles. The summed E-state index contributed by atoms with van der Waals surface area (Å²) < 4.78 is 43.9. The number of hydrogen-bond donors (Lipinski definition) is 1. The van der Waals surface area contributed by atoms with E-state index >= 15 is 0 Å². The molecular weight excluding hydrogens is 317 g/mol. The second-order valence-corrected chi connectivity index (χ2v) is 5.75. The summed E-state index contributed by atoms with van der Waals surface area (Å²) in [5, 5.41) is 1.56. The molecule has 1 unspecified atom stereocenters. The fourth-order valence-electron chi connectivity index (χ4n) is 2.43. The van der Waals surface area contributed by atoms with E-state index in [1.165, 1.54) is 12.1 Å². The maximum Gasteiger partial charge on any atom is 0.416 e. The van der Waals surface area contributed by atoms with Crippen molar-refractivity contribution >= 4 is 0 Å². The Hall–Kier alpha value is -2.05. The lowest BCUT2D eigenvalue weighted by Crippen LogP contribution is -2.29. The van der Waals surface area contributed by atoms with Gasteiger partial charge in [-0.1, -0.05) is 24.3 Å². The quantitative estimate of drug-likeness (QED) is 0.629. The third kappa shape index (κ3) is 4.97. The van der Waals surface area contributed by atoms with Crippen LogP contribution >= 0.6 is 0 Å². The minimum absolute atomic E-state index is 0.283. The summed E-state index contributed by atoms with van der Waals surface area (Å²) in [7, 11) is 1.76. The van der Waals surface area contributed by atoms with E-state index in [9.17, 15) is 13.2 Å². The molecule has 0 fully saturated rings. The number of halogens is 3. The summed E-state index contributed by atoms with van der Waals surface area (Å²) in [5.74, 6) is 6.07. The van der Waals surface area contributed by atoms with Gasteiger partial charge in [0.05, 0.1) is 5.56 Å². The van der Waals surface area contributed by atoms with Gasteiger partial charge in [-0.25, -0.2) is 0 Å². The van der Waals surface area contributed by atoms with Crippen LogP contribution in [0.5, 0.6) is 5.75 Å². The fraction of sp³-hybridized carbons (Fsp3) is 0.333. The van der Waals surface area contributed by atoms with Crippen molar-refractivity contribution in [2.45, 2.75) is 25.6 Å². The van der Waals surface area contributed by atoms with Gasteiger partial charge in [-0.15, -0.1) is 0 Å². The number of benzene rings is 2. The first-order valence-electron chi connectivity index (χ1n) is 7.62. The number of alkyl halides is 3. The van der Waals surface area contributed by atoms with Gasteiger partial charge in [0.15, 0.2) is 0 Å². The Morgan fingerprint density at radius 1 is 1.08 bits per heavy atom. The normalized spacial score (nSPS) is 13.1. The van der Waals surface area contributed by atoms with Gasteiger partial charge in [-0.3, -0.25) is 10.9 Å². The second kappa shape index (κ2) is 7.68. The van der Waals surface area contributed by atoms with Gasteiger partial charge >= 0.3 is 6.18 Å². The molecule has 0 aliphatic rings. The molecule has 2 rings (SSSR count). The molecule has 0 aromatic heterocycles. The molecule has 2 aromatic carbocycles. The average Bonchev–Trinajstić information content (AvgIpc) is 2.51. The zero-order chi connectivity index (χ0) is 17.7. The van der Waals surface area contributed by atoms with Gasteiger partial charge < -0.3 is 4.74 Å². The van der Waals surface area contributed by atoms with Crippen LogP contribution in [-0.4, -0.2) is 18.6 Å². The van der Waals surface area contributed by atoms with Crippen LogP contribution in [0.3, 0.4) is 0 Å². The van der Waals surface area contributed by atoms with E-state index in [0.29, 0.717) is 18.7 Å². The highest BCUT2D eigenvalue weighted by Crippen LogP contribution is 2.32. The SMILES string of the molecule is Cc1ccccc1C(CCN(C)N)Oc1ccc(C(F)(F)F)cc1. The summed E-state index contributed by atoms with van der Waals surface area (Å²) in [4.78, 5) is 0. The van der Waals surface area contributed by atoms with Crippen LogP contribution in [0.2, 0.25) is 0 Å². The predicted octanol–water partition coefficient (Wildman–Crippen LogP) is 4.33. The van der Waals surface area contributed by atoms with E-state index in [0.717, 1.165) is 23.3 Å². The Bertz CT molecular complexity index is 654. The summed E-state index contributed by atoms with van der Waals surface area (Å²) in [5.41, 5.74) is 1.37. The molecule has 0 aliphatic heterocycles. The Morgan fingerprint density at radius 2 is 1.71 bits per heavy atom. The lowest BCUT2D eigenvalue weighted by Gasteiger charge is -2.23. The summed E-state index contributed by atoms with van der Waals surface area (Å²) in [6.45, 7) is 2.57. The number of rotatable bonds is 6. The molecule has 2 N–H and O–H groups in total. The molecule has 0 saturated heterocycles. The van der Waals surface area contributed by atoms with Crippen LogP contribution in [-0.2, 0) is 6.18 Å². The molecule has 6 heteroatoms. The van der Waals surface area contributed by atoms with Crippen molar-refractivity contribution in [1.29, 1.82) is 0 Å². The number of nitrogens with two attached hydrogens (primary N) is 1. The molecule has 24 heavy (non-hydrogen) atoms. The van der Waals surface area contributed by atoms with Crippen LogP contribution in [0.25, 0.3) is 0 Å². The van der Waals surface area contributed by atoms with E-state index in [1.807, 2.05) is 31.2 Å². The van der Waals surface area contributed by atoms with Crippen LogP contribution in [0.4, 0.5) is 13.2 Å². The molecule has 130 valence electrons. The van der Waals surface area contributed by atoms with E-state index in [4.69, 9.17) is 10.6 Å². The highest BCUT2D eigenvalue weighted by Gasteiger charge is 2.30. The Balaban J connectivity index is 2.20. The molecule has 0 bridgehead atoms. The first kappa shape index (κ1) is 18.3. The van der Waals surface area contributed by atoms with Gasteiger partial charge in [0.1, 0.15) is 11.9 Å². The number of ether oxygens (including phenoxy) is 1. The molecule has 0 heterocycles. The highest BCUT2D eigenvalue weighted by atomic mass is 19.4. The van der Waals surface area contributed by atoms with Crippen molar-refractivity contribution in [3.8, 4) is 5.75 Å². The van der Waals surface area contributed by atoms with E-state index in [1.54, 1.807) is 12.1 Å². The maximum atomic E-state index is 12.6. The van der Waals surface area contributed by atoms with Gasteiger partial charge in [0.2, 0.25) is 0 Å². The van der Waals surface area contributed by atoms with Crippen molar-refractivity contribution in [1.82, 2.24) is 5.01 Å². The summed E-state index contributed by atoms with van der Waals surface area (Å²) in [6.07, 6.45) is -4.01. The number of nitrogens with zero attached hydrogens (tertiary/aromatic N) is 1. The Kier molecular flexibility index (Phi) is 5.85. The van der Waals surface area contributed by atoms with Crippen molar-refractivity contribution < 1.29 is 17.9 Å². The minimum atomic E-state index is -4.35.